The second-order valence-electron chi connectivity index (χ2n) is 7.34. The zero-order valence-corrected chi connectivity index (χ0v) is 20.2. The van der Waals surface area contributed by atoms with Gasteiger partial charge in [-0.15, -0.1) is 12.4 Å². The van der Waals surface area contributed by atoms with Gasteiger partial charge in [0.15, 0.2) is 10.9 Å². The quantitative estimate of drug-likeness (QED) is 0.440. The van der Waals surface area contributed by atoms with Gasteiger partial charge < -0.3 is 9.47 Å². The smallest absolute Gasteiger partial charge is 0.263 e. The number of methoxy groups -OCH3 is 1. The summed E-state index contributed by atoms with van der Waals surface area (Å²) in [5.41, 5.74) is 0.313. The Morgan fingerprint density at radius 3 is 2.76 bits per heavy atom. The van der Waals surface area contributed by atoms with E-state index in [2.05, 4.69) is 9.88 Å². The monoisotopic (exact) mass is 517 g/mol. The molecule has 0 spiro atoms. The fourth-order valence-electron chi connectivity index (χ4n) is 3.61. The molecule has 3 aromatic rings. The van der Waals surface area contributed by atoms with Gasteiger partial charge in [0.1, 0.15) is 17.1 Å². The first-order valence-electron chi connectivity index (χ1n) is 10.2. The molecule has 2 heterocycles. The number of fused-ring (bicyclic) bond motifs is 1. The van der Waals surface area contributed by atoms with Crippen LogP contribution in [0, 0.1) is 11.6 Å². The fraction of sp³-hybridized carbons (Fsp3) is 0.364. The molecule has 1 amide bonds. The predicted molar refractivity (Wildman–Crippen MR) is 128 cm³/mol. The van der Waals surface area contributed by atoms with Gasteiger partial charge >= 0.3 is 0 Å². The molecule has 1 aliphatic rings. The van der Waals surface area contributed by atoms with Crippen LogP contribution in [0.1, 0.15) is 16.8 Å². The van der Waals surface area contributed by atoms with Gasteiger partial charge in [-0.25, -0.2) is 13.8 Å². The Morgan fingerprint density at radius 1 is 1.27 bits per heavy atom. The first-order chi connectivity index (χ1) is 15.5. The third kappa shape index (κ3) is 5.91. The molecule has 178 valence electrons. The van der Waals surface area contributed by atoms with Crippen LogP contribution < -0.4 is 9.64 Å². The molecule has 0 radical (unpaired) electrons. The second kappa shape index (κ2) is 11.4. The Bertz CT molecular complexity index is 1130. The van der Waals surface area contributed by atoms with Crippen molar-refractivity contribution in [2.45, 2.75) is 6.42 Å². The van der Waals surface area contributed by atoms with Crippen LogP contribution in [-0.2, 0) is 4.74 Å². The maximum absolute atomic E-state index is 14.3. The van der Waals surface area contributed by atoms with E-state index < -0.39 is 11.6 Å². The van der Waals surface area contributed by atoms with E-state index in [9.17, 15) is 13.6 Å². The van der Waals surface area contributed by atoms with E-state index in [1.165, 1.54) is 24.1 Å². The summed E-state index contributed by atoms with van der Waals surface area (Å²) in [4.78, 5) is 21.6. The normalized spacial score (nSPS) is 14.2. The van der Waals surface area contributed by atoms with Crippen LogP contribution in [0.3, 0.4) is 0 Å². The topological polar surface area (TPSA) is 54.9 Å². The zero-order valence-electron chi connectivity index (χ0n) is 17.9. The number of amides is 1. The molecule has 11 heteroatoms. The Kier molecular flexibility index (Phi) is 8.83. The SMILES string of the molecule is COc1ccc(Cl)cc1C(=O)N(CCCN1CCOCC1)c1nc2c(F)cc(F)cc2s1.Cl. The van der Waals surface area contributed by atoms with Crippen molar-refractivity contribution in [3.8, 4) is 5.75 Å². The average molecular weight is 518 g/mol. The summed E-state index contributed by atoms with van der Waals surface area (Å²) < 4.78 is 39.0. The average Bonchev–Trinajstić information content (AvgIpc) is 3.21. The molecule has 0 N–H and O–H groups in total. The van der Waals surface area contributed by atoms with E-state index in [4.69, 9.17) is 21.1 Å². The number of morpholine rings is 1. The molecule has 1 aromatic heterocycles. The van der Waals surface area contributed by atoms with Crippen LogP contribution in [0.15, 0.2) is 30.3 Å². The molecule has 0 bridgehead atoms. The summed E-state index contributed by atoms with van der Waals surface area (Å²) in [6.45, 7) is 4.16. The largest absolute Gasteiger partial charge is 0.496 e. The first kappa shape index (κ1) is 25.6. The molecule has 2 aromatic carbocycles. The van der Waals surface area contributed by atoms with Crippen LogP contribution in [0.25, 0.3) is 10.2 Å². The van der Waals surface area contributed by atoms with E-state index in [1.807, 2.05) is 0 Å². The summed E-state index contributed by atoms with van der Waals surface area (Å²) in [6.07, 6.45) is 0.668. The molecule has 0 aliphatic carbocycles. The van der Waals surface area contributed by atoms with Crippen LogP contribution in [0.5, 0.6) is 5.75 Å². The van der Waals surface area contributed by atoms with Gasteiger partial charge in [0.25, 0.3) is 5.91 Å². The molecule has 6 nitrogen and oxygen atoms in total. The van der Waals surface area contributed by atoms with Gasteiger partial charge in [-0.1, -0.05) is 22.9 Å². The number of hydrogen-bond acceptors (Lipinski definition) is 6. The number of ether oxygens (including phenoxy) is 2. The standard InChI is InChI=1S/C22H22ClF2N3O3S.ClH/c1-30-18-4-3-14(23)11-16(18)21(29)28(6-2-5-27-7-9-31-10-8-27)22-26-20-17(25)12-15(24)13-19(20)32-22;/h3-4,11-13H,2,5-10H2,1H3;1H. The fourth-order valence-corrected chi connectivity index (χ4v) is 4.82. The molecule has 4 rings (SSSR count). The number of thiazole rings is 1. The van der Waals surface area contributed by atoms with Crippen molar-refractivity contribution in [1.29, 1.82) is 0 Å². The van der Waals surface area contributed by atoms with Crippen molar-refractivity contribution in [1.82, 2.24) is 9.88 Å². The van der Waals surface area contributed by atoms with Crippen LogP contribution in [0.4, 0.5) is 13.9 Å². The highest BCUT2D eigenvalue weighted by molar-refractivity contribution is 7.22. The number of benzene rings is 2. The van der Waals surface area contributed by atoms with Gasteiger partial charge in [0.05, 0.1) is 30.6 Å². The lowest BCUT2D eigenvalue weighted by Gasteiger charge is -2.28. The highest BCUT2D eigenvalue weighted by atomic mass is 35.5. The van der Waals surface area contributed by atoms with Crippen molar-refractivity contribution in [3.63, 3.8) is 0 Å². The van der Waals surface area contributed by atoms with Crippen molar-refractivity contribution in [3.05, 3.63) is 52.6 Å². The van der Waals surface area contributed by atoms with Crippen molar-refractivity contribution in [2.24, 2.45) is 0 Å². The number of rotatable bonds is 7. The van der Waals surface area contributed by atoms with Crippen molar-refractivity contribution in [2.75, 3.05) is 51.4 Å². The minimum absolute atomic E-state index is 0. The molecule has 1 aliphatic heterocycles. The van der Waals surface area contributed by atoms with E-state index in [-0.39, 0.29) is 29.4 Å². The zero-order chi connectivity index (χ0) is 22.7. The number of carbonyl (C=O) groups excluding carboxylic acids is 1. The molecular weight excluding hydrogens is 495 g/mol. The highest BCUT2D eigenvalue weighted by Gasteiger charge is 2.25. The van der Waals surface area contributed by atoms with E-state index in [0.29, 0.717) is 46.8 Å². The molecular formula is C22H23Cl2F2N3O3S. The summed E-state index contributed by atoms with van der Waals surface area (Å²) in [5.74, 6) is -1.45. The van der Waals surface area contributed by atoms with Gasteiger partial charge in [0, 0.05) is 37.3 Å². The molecule has 33 heavy (non-hydrogen) atoms. The van der Waals surface area contributed by atoms with Crippen LogP contribution in [-0.4, -0.2) is 62.3 Å². The summed E-state index contributed by atoms with van der Waals surface area (Å²) in [5, 5.41) is 0.679. The minimum Gasteiger partial charge on any atom is -0.496 e. The lowest BCUT2D eigenvalue weighted by Crippen LogP contribution is -2.39. The van der Waals surface area contributed by atoms with Crippen molar-refractivity contribution < 1.29 is 23.0 Å². The Morgan fingerprint density at radius 2 is 2.03 bits per heavy atom. The third-order valence-electron chi connectivity index (χ3n) is 5.23. The molecule has 1 saturated heterocycles. The second-order valence-corrected chi connectivity index (χ2v) is 8.79. The lowest BCUT2D eigenvalue weighted by atomic mass is 10.1. The number of nitrogens with zero attached hydrogens (tertiary/aromatic N) is 3. The first-order valence-corrected chi connectivity index (χ1v) is 11.4. The van der Waals surface area contributed by atoms with Crippen LogP contribution >= 0.6 is 35.3 Å². The van der Waals surface area contributed by atoms with Crippen molar-refractivity contribution >= 4 is 56.6 Å². The van der Waals surface area contributed by atoms with E-state index in [0.717, 1.165) is 37.0 Å². The van der Waals surface area contributed by atoms with Gasteiger partial charge in [-0.3, -0.25) is 14.6 Å². The van der Waals surface area contributed by atoms with Gasteiger partial charge in [-0.2, -0.15) is 0 Å². The maximum atomic E-state index is 14.3. The third-order valence-corrected chi connectivity index (χ3v) is 6.49. The number of hydrogen-bond donors (Lipinski definition) is 0. The number of carbonyl (C=O) groups is 1. The number of aromatic nitrogens is 1. The number of halogens is 4. The van der Waals surface area contributed by atoms with Gasteiger partial charge in [-0.05, 0) is 30.7 Å². The lowest BCUT2D eigenvalue weighted by molar-refractivity contribution is 0.0376. The molecule has 0 atom stereocenters. The van der Waals surface area contributed by atoms with Gasteiger partial charge in [0.2, 0.25) is 0 Å². The molecule has 1 fully saturated rings. The summed E-state index contributed by atoms with van der Waals surface area (Å²) >= 11 is 7.19. The summed E-state index contributed by atoms with van der Waals surface area (Å²) in [6, 6.07) is 6.79. The highest BCUT2D eigenvalue weighted by Crippen LogP contribution is 2.33. The van der Waals surface area contributed by atoms with E-state index in [1.54, 1.807) is 12.1 Å². The number of anilines is 1. The van der Waals surface area contributed by atoms with E-state index >= 15 is 0 Å². The Balaban J connectivity index is 0.00000306. The maximum Gasteiger partial charge on any atom is 0.263 e. The Labute approximate surface area is 205 Å². The predicted octanol–water partition coefficient (Wildman–Crippen LogP) is 5.03. The molecule has 0 saturated carbocycles. The minimum atomic E-state index is -0.761. The Hall–Kier alpha value is -2.04. The van der Waals surface area contributed by atoms with Crippen LogP contribution in [0.2, 0.25) is 5.02 Å². The summed E-state index contributed by atoms with van der Waals surface area (Å²) in [7, 11) is 1.47. The molecule has 0 unspecified atom stereocenters.